The summed E-state index contributed by atoms with van der Waals surface area (Å²) in [4.78, 5) is 23.1. The van der Waals surface area contributed by atoms with Crippen molar-refractivity contribution in [2.75, 3.05) is 39.9 Å². The molecule has 8 nitrogen and oxygen atoms in total. The van der Waals surface area contributed by atoms with E-state index in [2.05, 4.69) is 11.9 Å². The molecule has 1 aliphatic heterocycles. The molecule has 0 aromatic heterocycles. The summed E-state index contributed by atoms with van der Waals surface area (Å²) in [7, 11) is 3.05. The van der Waals surface area contributed by atoms with Crippen LogP contribution in [0.4, 0.5) is 4.79 Å². The smallest absolute Gasteiger partial charge is 0.414 e. The maximum atomic E-state index is 11.9. The van der Waals surface area contributed by atoms with Gasteiger partial charge in [0.05, 0.1) is 19.8 Å². The number of ether oxygens (including phenoxy) is 5. The minimum Gasteiger partial charge on any atom is -0.443 e. The first kappa shape index (κ1) is 20.1. The monoisotopic (exact) mass is 377 g/mol. The number of alkyl halides is 1. The van der Waals surface area contributed by atoms with E-state index in [0.29, 0.717) is 26.1 Å². The van der Waals surface area contributed by atoms with E-state index in [1.54, 1.807) is 13.2 Å². The van der Waals surface area contributed by atoms with Crippen LogP contribution in [0.5, 0.6) is 0 Å². The summed E-state index contributed by atoms with van der Waals surface area (Å²) in [5.41, 5.74) is -1.48. The van der Waals surface area contributed by atoms with Crippen molar-refractivity contribution >= 4 is 23.6 Å². The van der Waals surface area contributed by atoms with Crippen molar-refractivity contribution in [2.24, 2.45) is 0 Å². The SMILES string of the molecule is C=CCOC[C@@]1(OC)[C@H](OC)[C@H](OC(=O)NC(=O)CCl)CC[C@]12CO2. The van der Waals surface area contributed by atoms with E-state index in [0.717, 1.165) is 0 Å². The molecule has 0 bridgehead atoms. The van der Waals surface area contributed by atoms with Gasteiger partial charge < -0.3 is 23.7 Å². The Labute approximate surface area is 151 Å². The highest BCUT2D eigenvalue weighted by atomic mass is 35.5. The van der Waals surface area contributed by atoms with Gasteiger partial charge in [0.1, 0.15) is 23.7 Å². The minimum atomic E-state index is -0.940. The fourth-order valence-corrected chi connectivity index (χ4v) is 3.49. The minimum absolute atomic E-state index is 0.191. The van der Waals surface area contributed by atoms with Gasteiger partial charge in [0, 0.05) is 14.2 Å². The van der Waals surface area contributed by atoms with Gasteiger partial charge in [-0.3, -0.25) is 10.1 Å². The van der Waals surface area contributed by atoms with E-state index >= 15 is 0 Å². The topological polar surface area (TPSA) is 95.6 Å². The number of hydrogen-bond acceptors (Lipinski definition) is 7. The lowest BCUT2D eigenvalue weighted by atomic mass is 9.71. The Morgan fingerprint density at radius 3 is 2.68 bits per heavy atom. The largest absolute Gasteiger partial charge is 0.443 e. The highest BCUT2D eigenvalue weighted by molar-refractivity contribution is 6.28. The Hall–Kier alpha value is -1.19. The summed E-state index contributed by atoms with van der Waals surface area (Å²) >= 11 is 5.37. The number of amides is 2. The molecule has 0 unspecified atom stereocenters. The normalized spacial score (nSPS) is 33.7. The van der Waals surface area contributed by atoms with E-state index in [1.165, 1.54) is 7.11 Å². The third-order valence-corrected chi connectivity index (χ3v) is 4.93. The first-order chi connectivity index (χ1) is 12.0. The van der Waals surface area contributed by atoms with Crippen LogP contribution in [0.15, 0.2) is 12.7 Å². The Kier molecular flexibility index (Phi) is 6.81. The van der Waals surface area contributed by atoms with Crippen LogP contribution in [0.2, 0.25) is 0 Å². The van der Waals surface area contributed by atoms with E-state index < -0.39 is 35.4 Å². The predicted molar refractivity (Wildman–Crippen MR) is 88.6 cm³/mol. The summed E-state index contributed by atoms with van der Waals surface area (Å²) in [6.07, 6.45) is 0.619. The van der Waals surface area contributed by atoms with Crippen LogP contribution in [-0.4, -0.2) is 75.3 Å². The van der Waals surface area contributed by atoms with Gasteiger partial charge in [0.15, 0.2) is 5.60 Å². The van der Waals surface area contributed by atoms with Crippen molar-refractivity contribution in [1.82, 2.24) is 5.32 Å². The first-order valence-corrected chi connectivity index (χ1v) is 8.49. The predicted octanol–water partition coefficient (Wildman–Crippen LogP) is 1.01. The molecular formula is C16H24ClNO7. The van der Waals surface area contributed by atoms with Crippen LogP contribution in [0.25, 0.3) is 0 Å². The molecule has 0 aromatic rings. The van der Waals surface area contributed by atoms with Crippen LogP contribution in [0.3, 0.4) is 0 Å². The van der Waals surface area contributed by atoms with Crippen LogP contribution < -0.4 is 5.32 Å². The lowest BCUT2D eigenvalue weighted by Crippen LogP contribution is -2.67. The number of imide groups is 1. The number of alkyl carbamates (subject to hydrolysis) is 1. The molecule has 2 rings (SSSR count). The fraction of sp³-hybridized carbons (Fsp3) is 0.750. The quantitative estimate of drug-likeness (QED) is 0.292. The molecule has 0 aromatic carbocycles. The van der Waals surface area contributed by atoms with Crippen molar-refractivity contribution in [3.8, 4) is 0 Å². The lowest BCUT2D eigenvalue weighted by molar-refractivity contribution is -0.230. The van der Waals surface area contributed by atoms with Crippen molar-refractivity contribution in [2.45, 2.75) is 36.3 Å². The van der Waals surface area contributed by atoms with Gasteiger partial charge in [-0.2, -0.15) is 0 Å². The molecule has 0 radical (unpaired) electrons. The zero-order chi connectivity index (χ0) is 18.5. The molecule has 2 fully saturated rings. The van der Waals surface area contributed by atoms with Crippen LogP contribution in [0.1, 0.15) is 12.8 Å². The van der Waals surface area contributed by atoms with E-state index in [-0.39, 0.29) is 12.5 Å². The summed E-state index contributed by atoms with van der Waals surface area (Å²) in [6.45, 7) is 4.67. The molecule has 1 saturated carbocycles. The molecule has 1 saturated heterocycles. The Morgan fingerprint density at radius 2 is 2.16 bits per heavy atom. The summed E-state index contributed by atoms with van der Waals surface area (Å²) in [5.74, 6) is -0.965. The lowest BCUT2D eigenvalue weighted by Gasteiger charge is -2.48. The van der Waals surface area contributed by atoms with Gasteiger partial charge in [0.25, 0.3) is 0 Å². The molecule has 1 heterocycles. The summed E-state index contributed by atoms with van der Waals surface area (Å²) in [6, 6.07) is 0. The molecular weight excluding hydrogens is 354 g/mol. The van der Waals surface area contributed by atoms with E-state index in [9.17, 15) is 9.59 Å². The number of hydrogen-bond donors (Lipinski definition) is 1. The van der Waals surface area contributed by atoms with Crippen molar-refractivity contribution in [1.29, 1.82) is 0 Å². The second-order valence-corrected chi connectivity index (χ2v) is 6.27. The second-order valence-electron chi connectivity index (χ2n) is 6.00. The van der Waals surface area contributed by atoms with Gasteiger partial charge in [-0.25, -0.2) is 4.79 Å². The number of halogens is 1. The molecule has 1 N–H and O–H groups in total. The van der Waals surface area contributed by atoms with Gasteiger partial charge in [-0.1, -0.05) is 6.08 Å². The zero-order valence-electron chi connectivity index (χ0n) is 14.4. The summed E-state index contributed by atoms with van der Waals surface area (Å²) < 4.78 is 28.2. The molecule has 142 valence electrons. The number of methoxy groups -OCH3 is 2. The van der Waals surface area contributed by atoms with Crippen LogP contribution in [0, 0.1) is 0 Å². The van der Waals surface area contributed by atoms with E-state index in [4.69, 9.17) is 35.3 Å². The van der Waals surface area contributed by atoms with E-state index in [1.807, 2.05) is 0 Å². The van der Waals surface area contributed by atoms with Crippen molar-refractivity contribution in [3.63, 3.8) is 0 Å². The highest BCUT2D eigenvalue weighted by Crippen LogP contribution is 2.52. The van der Waals surface area contributed by atoms with Gasteiger partial charge in [0.2, 0.25) is 5.91 Å². The summed E-state index contributed by atoms with van der Waals surface area (Å²) in [5, 5.41) is 2.05. The second kappa shape index (κ2) is 8.46. The molecule has 1 aliphatic carbocycles. The van der Waals surface area contributed by atoms with Crippen LogP contribution in [-0.2, 0) is 28.5 Å². The molecule has 25 heavy (non-hydrogen) atoms. The standard InChI is InChI=1S/C16H24ClNO7/c1-4-7-23-10-16(22-3)13(21-2)11(5-6-15(16)9-24-15)25-14(20)18-12(19)8-17/h4,11,13H,1,5-10H2,2-3H3,(H,18,19,20)/t11-,13-,15+,16-/m1/s1. The van der Waals surface area contributed by atoms with Gasteiger partial charge in [-0.05, 0) is 12.8 Å². The first-order valence-electron chi connectivity index (χ1n) is 7.95. The van der Waals surface area contributed by atoms with Crippen molar-refractivity contribution < 1.29 is 33.3 Å². The number of carbonyl (C=O) groups is 2. The van der Waals surface area contributed by atoms with Crippen molar-refractivity contribution in [3.05, 3.63) is 12.7 Å². The maximum Gasteiger partial charge on any atom is 0.414 e. The molecule has 9 heteroatoms. The number of nitrogens with one attached hydrogen (secondary N) is 1. The average Bonchev–Trinajstić information content (AvgIpc) is 3.38. The number of carbonyl (C=O) groups excluding carboxylic acids is 2. The van der Waals surface area contributed by atoms with Gasteiger partial charge in [-0.15, -0.1) is 18.2 Å². The Morgan fingerprint density at radius 1 is 1.44 bits per heavy atom. The Bertz CT molecular complexity index is 511. The number of rotatable bonds is 8. The molecule has 2 aliphatic rings. The highest BCUT2D eigenvalue weighted by Gasteiger charge is 2.70. The Balaban J connectivity index is 2.16. The molecule has 2 amide bonds. The van der Waals surface area contributed by atoms with Crippen LogP contribution >= 0.6 is 11.6 Å². The zero-order valence-corrected chi connectivity index (χ0v) is 15.2. The van der Waals surface area contributed by atoms with Gasteiger partial charge >= 0.3 is 6.09 Å². The fourth-order valence-electron chi connectivity index (χ4n) is 3.42. The number of epoxide rings is 1. The third-order valence-electron chi connectivity index (χ3n) is 4.69. The molecule has 1 spiro atoms. The average molecular weight is 378 g/mol. The maximum absolute atomic E-state index is 11.9. The third kappa shape index (κ3) is 3.98. The molecule has 4 atom stereocenters.